The van der Waals surface area contributed by atoms with Gasteiger partial charge in [0.25, 0.3) is 0 Å². The normalized spacial score (nSPS) is 22.6. The molecule has 2 rings (SSSR count). The summed E-state index contributed by atoms with van der Waals surface area (Å²) in [6, 6.07) is 0. The van der Waals surface area contributed by atoms with Crippen LogP contribution >= 0.6 is 0 Å². The number of piperidine rings is 2. The molecule has 2 amide bonds. The minimum atomic E-state index is 0.106. The Balaban J connectivity index is 1.80. The van der Waals surface area contributed by atoms with E-state index in [1.54, 1.807) is 14.0 Å². The van der Waals surface area contributed by atoms with Crippen LogP contribution in [0.5, 0.6) is 0 Å². The smallest absolute Gasteiger partial charge is 0.225 e. The lowest BCUT2D eigenvalue weighted by Gasteiger charge is -2.36. The molecule has 5 heteroatoms. The van der Waals surface area contributed by atoms with Crippen LogP contribution in [-0.4, -0.2) is 61.0 Å². The summed E-state index contributed by atoms with van der Waals surface area (Å²) in [7, 11) is 1.74. The molecule has 2 heterocycles. The lowest BCUT2D eigenvalue weighted by molar-refractivity contribution is -0.141. The molecular weight excluding hydrogens is 244 g/mol. The van der Waals surface area contributed by atoms with Crippen molar-refractivity contribution < 1.29 is 14.3 Å². The molecule has 0 aromatic rings. The second-order valence-electron chi connectivity index (χ2n) is 5.54. The molecule has 5 nitrogen and oxygen atoms in total. The van der Waals surface area contributed by atoms with E-state index in [2.05, 4.69) is 0 Å². The van der Waals surface area contributed by atoms with E-state index in [1.807, 2.05) is 9.80 Å². The zero-order valence-corrected chi connectivity index (χ0v) is 11.9. The van der Waals surface area contributed by atoms with Crippen LogP contribution in [-0.2, 0) is 14.3 Å². The molecular formula is C14H24N2O3. The van der Waals surface area contributed by atoms with Gasteiger partial charge in [0.1, 0.15) is 0 Å². The SMILES string of the molecule is COC1CCN(C(=O)C2CCN(C(C)=O)CC2)CC1. The zero-order valence-electron chi connectivity index (χ0n) is 11.9. The third-order valence-electron chi connectivity index (χ3n) is 4.38. The average molecular weight is 268 g/mol. The van der Waals surface area contributed by atoms with Gasteiger partial charge in [0, 0.05) is 46.1 Å². The van der Waals surface area contributed by atoms with Gasteiger partial charge >= 0.3 is 0 Å². The second-order valence-corrected chi connectivity index (χ2v) is 5.54. The van der Waals surface area contributed by atoms with Gasteiger partial charge in [-0.25, -0.2) is 0 Å². The zero-order chi connectivity index (χ0) is 13.8. The van der Waals surface area contributed by atoms with Gasteiger partial charge < -0.3 is 14.5 Å². The highest BCUT2D eigenvalue weighted by Gasteiger charge is 2.31. The second kappa shape index (κ2) is 6.37. The summed E-state index contributed by atoms with van der Waals surface area (Å²) in [5.41, 5.74) is 0. The van der Waals surface area contributed by atoms with E-state index in [1.165, 1.54) is 0 Å². The van der Waals surface area contributed by atoms with Gasteiger partial charge in [-0.05, 0) is 25.7 Å². The molecule has 0 aromatic carbocycles. The lowest BCUT2D eigenvalue weighted by atomic mass is 9.94. The van der Waals surface area contributed by atoms with E-state index in [4.69, 9.17) is 4.74 Å². The summed E-state index contributed by atoms with van der Waals surface area (Å²) < 4.78 is 5.32. The molecule has 0 bridgehead atoms. The van der Waals surface area contributed by atoms with Crippen molar-refractivity contribution in [2.24, 2.45) is 5.92 Å². The maximum atomic E-state index is 12.4. The Morgan fingerprint density at radius 1 is 0.947 bits per heavy atom. The van der Waals surface area contributed by atoms with Gasteiger partial charge in [-0.2, -0.15) is 0 Å². The van der Waals surface area contributed by atoms with E-state index in [-0.39, 0.29) is 17.7 Å². The van der Waals surface area contributed by atoms with Crippen LogP contribution in [0.2, 0.25) is 0 Å². The molecule has 2 saturated heterocycles. The van der Waals surface area contributed by atoms with Crippen molar-refractivity contribution in [2.45, 2.75) is 38.7 Å². The van der Waals surface area contributed by atoms with E-state index in [0.29, 0.717) is 6.10 Å². The number of amides is 2. The number of carbonyl (C=O) groups is 2. The van der Waals surface area contributed by atoms with Crippen molar-refractivity contribution in [3.05, 3.63) is 0 Å². The van der Waals surface area contributed by atoms with Crippen LogP contribution < -0.4 is 0 Å². The Hall–Kier alpha value is -1.10. The number of methoxy groups -OCH3 is 1. The average Bonchev–Trinajstić information content (AvgIpc) is 2.46. The Morgan fingerprint density at radius 2 is 1.47 bits per heavy atom. The summed E-state index contributed by atoms with van der Waals surface area (Å²) in [6.45, 7) is 4.66. The molecule has 2 aliphatic heterocycles. The number of nitrogens with zero attached hydrogens (tertiary/aromatic N) is 2. The predicted octanol–water partition coefficient (Wildman–Crippen LogP) is 0.882. The number of likely N-dealkylation sites (tertiary alicyclic amines) is 2. The first-order valence-electron chi connectivity index (χ1n) is 7.19. The van der Waals surface area contributed by atoms with Crippen molar-refractivity contribution in [1.29, 1.82) is 0 Å². The highest BCUT2D eigenvalue weighted by molar-refractivity contribution is 5.79. The summed E-state index contributed by atoms with van der Waals surface area (Å²) in [5, 5.41) is 0. The fraction of sp³-hybridized carbons (Fsp3) is 0.857. The van der Waals surface area contributed by atoms with Crippen LogP contribution in [0, 0.1) is 5.92 Å². The Kier molecular flexibility index (Phi) is 4.80. The van der Waals surface area contributed by atoms with Gasteiger partial charge in [-0.15, -0.1) is 0 Å². The van der Waals surface area contributed by atoms with Crippen molar-refractivity contribution >= 4 is 11.8 Å². The van der Waals surface area contributed by atoms with Crippen LogP contribution in [0.3, 0.4) is 0 Å². The first-order valence-corrected chi connectivity index (χ1v) is 7.19. The molecule has 0 saturated carbocycles. The summed E-state index contributed by atoms with van der Waals surface area (Å²) in [6.07, 6.45) is 3.80. The Bertz CT molecular complexity index is 330. The van der Waals surface area contributed by atoms with E-state index in [9.17, 15) is 9.59 Å². The molecule has 19 heavy (non-hydrogen) atoms. The van der Waals surface area contributed by atoms with E-state index >= 15 is 0 Å². The van der Waals surface area contributed by atoms with E-state index in [0.717, 1.165) is 51.9 Å². The van der Waals surface area contributed by atoms with Crippen molar-refractivity contribution in [2.75, 3.05) is 33.3 Å². The molecule has 108 valence electrons. The van der Waals surface area contributed by atoms with Gasteiger partial charge in [0.05, 0.1) is 6.10 Å². The van der Waals surface area contributed by atoms with Crippen LogP contribution in [0.4, 0.5) is 0 Å². The fourth-order valence-corrected chi connectivity index (χ4v) is 3.01. The molecule has 0 radical (unpaired) electrons. The number of carbonyl (C=O) groups excluding carboxylic acids is 2. The van der Waals surface area contributed by atoms with Gasteiger partial charge in [0.2, 0.25) is 11.8 Å². The van der Waals surface area contributed by atoms with Crippen LogP contribution in [0.15, 0.2) is 0 Å². The quantitative estimate of drug-likeness (QED) is 0.747. The van der Waals surface area contributed by atoms with E-state index < -0.39 is 0 Å². The standard InChI is InChI=1S/C14H24N2O3/c1-11(17)15-7-3-12(4-8-15)14(18)16-9-5-13(19-2)6-10-16/h12-13H,3-10H2,1-2H3. The minimum Gasteiger partial charge on any atom is -0.381 e. The molecule has 2 aliphatic rings. The third kappa shape index (κ3) is 3.47. The molecule has 2 fully saturated rings. The maximum Gasteiger partial charge on any atom is 0.225 e. The minimum absolute atomic E-state index is 0.106. The van der Waals surface area contributed by atoms with Crippen molar-refractivity contribution in [1.82, 2.24) is 9.80 Å². The van der Waals surface area contributed by atoms with Crippen LogP contribution in [0.25, 0.3) is 0 Å². The largest absolute Gasteiger partial charge is 0.381 e. The molecule has 0 unspecified atom stereocenters. The topological polar surface area (TPSA) is 49.9 Å². The monoisotopic (exact) mass is 268 g/mol. The Morgan fingerprint density at radius 3 is 1.95 bits per heavy atom. The number of ether oxygens (including phenoxy) is 1. The van der Waals surface area contributed by atoms with Gasteiger partial charge in [0.15, 0.2) is 0 Å². The molecule has 0 aromatic heterocycles. The number of hydrogen-bond donors (Lipinski definition) is 0. The first-order chi connectivity index (χ1) is 9.11. The summed E-state index contributed by atoms with van der Waals surface area (Å²) in [4.78, 5) is 27.5. The third-order valence-corrected chi connectivity index (χ3v) is 4.38. The van der Waals surface area contributed by atoms with Gasteiger partial charge in [-0.1, -0.05) is 0 Å². The van der Waals surface area contributed by atoms with Crippen molar-refractivity contribution in [3.63, 3.8) is 0 Å². The predicted molar refractivity (Wildman–Crippen MR) is 71.6 cm³/mol. The van der Waals surface area contributed by atoms with Gasteiger partial charge in [-0.3, -0.25) is 9.59 Å². The molecule has 0 aliphatic carbocycles. The van der Waals surface area contributed by atoms with Crippen molar-refractivity contribution in [3.8, 4) is 0 Å². The number of hydrogen-bond acceptors (Lipinski definition) is 3. The molecule has 0 N–H and O–H groups in total. The van der Waals surface area contributed by atoms with Crippen LogP contribution in [0.1, 0.15) is 32.6 Å². The number of rotatable bonds is 2. The summed E-state index contributed by atoms with van der Waals surface area (Å²) in [5.74, 6) is 0.499. The fourth-order valence-electron chi connectivity index (χ4n) is 3.01. The molecule has 0 spiro atoms. The molecule has 0 atom stereocenters. The Labute approximate surface area is 114 Å². The summed E-state index contributed by atoms with van der Waals surface area (Å²) >= 11 is 0. The highest BCUT2D eigenvalue weighted by atomic mass is 16.5. The maximum absolute atomic E-state index is 12.4. The lowest BCUT2D eigenvalue weighted by Crippen LogP contribution is -2.47. The highest BCUT2D eigenvalue weighted by Crippen LogP contribution is 2.22. The first kappa shape index (κ1) is 14.3.